The number of aromatic hydroxyl groups is 1. The number of benzene rings is 1. The number of carbonyl (C=O) groups excluding carboxylic acids is 1. The monoisotopic (exact) mass is 342 g/mol. The van der Waals surface area contributed by atoms with E-state index in [-0.39, 0.29) is 18.1 Å². The topological polar surface area (TPSA) is 66.6 Å². The highest BCUT2D eigenvalue weighted by Crippen LogP contribution is 2.24. The number of oxazole rings is 1. The molecule has 0 aliphatic carbocycles. The number of aromatic nitrogens is 1. The predicted molar refractivity (Wildman–Crippen MR) is 92.8 cm³/mol. The Morgan fingerprint density at radius 3 is 2.92 bits per heavy atom. The highest BCUT2D eigenvalue weighted by Gasteiger charge is 2.17. The Morgan fingerprint density at radius 2 is 2.21 bits per heavy atom. The second kappa shape index (κ2) is 6.88. The molecule has 5 nitrogen and oxygen atoms in total. The summed E-state index contributed by atoms with van der Waals surface area (Å²) in [5.74, 6) is 1.36. The fourth-order valence-corrected chi connectivity index (χ4v) is 3.03. The van der Waals surface area contributed by atoms with E-state index in [0.717, 1.165) is 11.1 Å². The molecule has 0 saturated heterocycles. The van der Waals surface area contributed by atoms with E-state index in [1.165, 1.54) is 0 Å². The number of thiophene rings is 1. The van der Waals surface area contributed by atoms with Crippen LogP contribution in [0.4, 0.5) is 0 Å². The molecule has 0 aliphatic heterocycles. The van der Waals surface area contributed by atoms with Crippen LogP contribution in [0.15, 0.2) is 45.5 Å². The molecule has 24 heavy (non-hydrogen) atoms. The van der Waals surface area contributed by atoms with Crippen LogP contribution in [-0.4, -0.2) is 27.9 Å². The number of nitrogens with zero attached hydrogens (tertiary/aromatic N) is 2. The molecule has 0 saturated carbocycles. The maximum atomic E-state index is 12.4. The Bertz CT molecular complexity index is 840. The molecule has 0 aliphatic rings. The second-order valence-electron chi connectivity index (χ2n) is 5.63. The fraction of sp³-hybridized carbons (Fsp3) is 0.222. The van der Waals surface area contributed by atoms with Gasteiger partial charge in [0.05, 0.1) is 12.1 Å². The smallest absolute Gasteiger partial charge is 0.228 e. The number of aryl methyl sites for hydroxylation is 1. The molecule has 3 rings (SSSR count). The van der Waals surface area contributed by atoms with Crippen LogP contribution in [0, 0.1) is 6.92 Å². The molecule has 1 aromatic carbocycles. The Hall–Kier alpha value is -2.60. The minimum atomic E-state index is -0.0494. The first-order chi connectivity index (χ1) is 11.5. The number of phenols is 1. The van der Waals surface area contributed by atoms with Gasteiger partial charge in [-0.3, -0.25) is 4.79 Å². The van der Waals surface area contributed by atoms with E-state index in [4.69, 9.17) is 4.42 Å². The Morgan fingerprint density at radius 1 is 1.38 bits per heavy atom. The average molecular weight is 342 g/mol. The van der Waals surface area contributed by atoms with Crippen LogP contribution in [0.25, 0.3) is 11.5 Å². The summed E-state index contributed by atoms with van der Waals surface area (Å²) in [6.45, 7) is 2.25. The van der Waals surface area contributed by atoms with Crippen LogP contribution in [-0.2, 0) is 17.8 Å². The van der Waals surface area contributed by atoms with Gasteiger partial charge in [0.1, 0.15) is 11.5 Å². The second-order valence-corrected chi connectivity index (χ2v) is 6.41. The van der Waals surface area contributed by atoms with Gasteiger partial charge in [-0.2, -0.15) is 11.3 Å². The van der Waals surface area contributed by atoms with Gasteiger partial charge in [0.2, 0.25) is 11.8 Å². The summed E-state index contributed by atoms with van der Waals surface area (Å²) in [5, 5.41) is 13.4. The molecule has 2 heterocycles. The third-order valence-electron chi connectivity index (χ3n) is 3.74. The maximum absolute atomic E-state index is 12.4. The van der Waals surface area contributed by atoms with Crippen LogP contribution < -0.4 is 0 Å². The maximum Gasteiger partial charge on any atom is 0.228 e. The van der Waals surface area contributed by atoms with Crippen LogP contribution in [0.1, 0.15) is 17.0 Å². The van der Waals surface area contributed by atoms with Crippen LogP contribution >= 0.6 is 11.3 Å². The Labute approximate surface area is 144 Å². The number of likely N-dealkylation sites (N-methyl/N-ethyl adjacent to an activating group) is 1. The van der Waals surface area contributed by atoms with Crippen LogP contribution in [0.3, 0.4) is 0 Å². The van der Waals surface area contributed by atoms with E-state index in [1.807, 2.05) is 29.8 Å². The summed E-state index contributed by atoms with van der Waals surface area (Å²) in [5.41, 5.74) is 2.46. The number of carbonyl (C=O) groups is 1. The van der Waals surface area contributed by atoms with Crippen LogP contribution in [0.2, 0.25) is 0 Å². The average Bonchev–Trinajstić information content (AvgIpc) is 3.17. The summed E-state index contributed by atoms with van der Waals surface area (Å²) in [6.07, 6.45) is 0.189. The minimum absolute atomic E-state index is 0.0494. The molecule has 1 amide bonds. The zero-order valence-corrected chi connectivity index (χ0v) is 14.3. The third-order valence-corrected chi connectivity index (χ3v) is 4.42. The lowest BCUT2D eigenvalue weighted by Gasteiger charge is -2.17. The quantitative estimate of drug-likeness (QED) is 0.769. The van der Waals surface area contributed by atoms with Crippen molar-refractivity contribution in [2.75, 3.05) is 7.05 Å². The molecule has 0 atom stereocenters. The first kappa shape index (κ1) is 16.3. The lowest BCUT2D eigenvalue weighted by atomic mass is 10.2. The van der Waals surface area contributed by atoms with Gasteiger partial charge >= 0.3 is 0 Å². The van der Waals surface area contributed by atoms with Crippen molar-refractivity contribution < 1.29 is 14.3 Å². The van der Waals surface area contributed by atoms with Gasteiger partial charge in [-0.25, -0.2) is 4.98 Å². The van der Waals surface area contributed by atoms with E-state index >= 15 is 0 Å². The van der Waals surface area contributed by atoms with Crippen molar-refractivity contribution in [3.8, 4) is 17.2 Å². The summed E-state index contributed by atoms with van der Waals surface area (Å²) in [4.78, 5) is 18.5. The molecule has 124 valence electrons. The normalized spacial score (nSPS) is 10.8. The lowest BCUT2D eigenvalue weighted by molar-refractivity contribution is -0.129. The van der Waals surface area contributed by atoms with Gasteiger partial charge in [-0.15, -0.1) is 0 Å². The van der Waals surface area contributed by atoms with E-state index in [2.05, 4.69) is 4.98 Å². The van der Waals surface area contributed by atoms with Gasteiger partial charge in [0, 0.05) is 24.5 Å². The fourth-order valence-electron chi connectivity index (χ4n) is 2.40. The predicted octanol–water partition coefficient (Wildman–Crippen LogP) is 3.62. The molecule has 3 aromatic rings. The largest absolute Gasteiger partial charge is 0.508 e. The van der Waals surface area contributed by atoms with Gasteiger partial charge in [-0.1, -0.05) is 12.1 Å². The van der Waals surface area contributed by atoms with Gasteiger partial charge in [0.25, 0.3) is 0 Å². The molecule has 0 unspecified atom stereocenters. The first-order valence-corrected chi connectivity index (χ1v) is 8.48. The van der Waals surface area contributed by atoms with Gasteiger partial charge < -0.3 is 14.4 Å². The minimum Gasteiger partial charge on any atom is -0.508 e. The highest BCUT2D eigenvalue weighted by atomic mass is 32.1. The number of amides is 1. The summed E-state index contributed by atoms with van der Waals surface area (Å²) < 4.78 is 5.67. The molecular formula is C18H18N2O3S. The van der Waals surface area contributed by atoms with Crippen molar-refractivity contribution in [3.63, 3.8) is 0 Å². The summed E-state index contributed by atoms with van der Waals surface area (Å²) >= 11 is 1.58. The molecule has 6 heteroatoms. The van der Waals surface area contributed by atoms with E-state index in [1.54, 1.807) is 41.5 Å². The first-order valence-electron chi connectivity index (χ1n) is 7.53. The van der Waals surface area contributed by atoms with Crippen LogP contribution in [0.5, 0.6) is 5.75 Å². The third kappa shape index (κ3) is 3.65. The van der Waals surface area contributed by atoms with E-state index in [9.17, 15) is 9.90 Å². The molecule has 0 fully saturated rings. The Kier molecular flexibility index (Phi) is 4.66. The number of hydrogen-bond donors (Lipinski definition) is 1. The summed E-state index contributed by atoms with van der Waals surface area (Å²) in [6, 6.07) is 8.84. The standard InChI is InChI=1S/C18H18N2O3S/c1-12-16(19-18(23-12)14-6-7-24-11-14)9-17(22)20(2)10-13-4-3-5-15(21)8-13/h3-8,11,21H,9-10H2,1-2H3. The molecular weight excluding hydrogens is 324 g/mol. The molecule has 0 radical (unpaired) electrons. The van der Waals surface area contributed by atoms with Crippen molar-refractivity contribution >= 4 is 17.2 Å². The Balaban J connectivity index is 1.68. The van der Waals surface area contributed by atoms with Gasteiger partial charge in [0.15, 0.2) is 0 Å². The SMILES string of the molecule is Cc1oc(-c2ccsc2)nc1CC(=O)N(C)Cc1cccc(O)c1. The van der Waals surface area contributed by atoms with Crippen molar-refractivity contribution in [1.29, 1.82) is 0 Å². The lowest BCUT2D eigenvalue weighted by Crippen LogP contribution is -2.28. The number of phenolic OH excluding ortho intramolecular Hbond substituents is 1. The van der Waals surface area contributed by atoms with Crippen molar-refractivity contribution in [2.24, 2.45) is 0 Å². The van der Waals surface area contributed by atoms with E-state index < -0.39 is 0 Å². The highest BCUT2D eigenvalue weighted by molar-refractivity contribution is 7.08. The molecule has 2 aromatic heterocycles. The molecule has 1 N–H and O–H groups in total. The number of hydrogen-bond acceptors (Lipinski definition) is 5. The number of rotatable bonds is 5. The molecule has 0 bridgehead atoms. The van der Waals surface area contributed by atoms with Crippen molar-refractivity contribution in [3.05, 3.63) is 58.1 Å². The zero-order valence-electron chi connectivity index (χ0n) is 13.5. The van der Waals surface area contributed by atoms with Gasteiger partial charge in [-0.05, 0) is 36.1 Å². The van der Waals surface area contributed by atoms with E-state index in [0.29, 0.717) is 23.9 Å². The molecule has 0 spiro atoms. The zero-order chi connectivity index (χ0) is 17.1. The van der Waals surface area contributed by atoms with Crippen molar-refractivity contribution in [1.82, 2.24) is 9.88 Å². The summed E-state index contributed by atoms with van der Waals surface area (Å²) in [7, 11) is 1.74. The van der Waals surface area contributed by atoms with Crippen molar-refractivity contribution in [2.45, 2.75) is 19.9 Å².